The topological polar surface area (TPSA) is 66.3 Å². The molecule has 0 spiro atoms. The van der Waals surface area contributed by atoms with Crippen LogP contribution in [0.25, 0.3) is 11.0 Å². The molecule has 6 rings (SSSR count). The van der Waals surface area contributed by atoms with E-state index in [0.29, 0.717) is 42.6 Å². The molecule has 9 heteroatoms. The molecule has 3 aliphatic heterocycles. The monoisotopic (exact) mass is 566 g/mol. The highest BCUT2D eigenvalue weighted by Gasteiger charge is 2.39. The van der Waals surface area contributed by atoms with Crippen molar-refractivity contribution in [2.24, 2.45) is 5.92 Å². The summed E-state index contributed by atoms with van der Waals surface area (Å²) in [6.07, 6.45) is 5.08. The lowest BCUT2D eigenvalue weighted by Gasteiger charge is -2.41. The molecule has 1 atom stereocenters. The molecule has 2 aromatic heterocycles. The molecule has 1 saturated heterocycles. The van der Waals surface area contributed by atoms with Crippen LogP contribution in [0.1, 0.15) is 82.3 Å². The zero-order valence-electron chi connectivity index (χ0n) is 24.9. The summed E-state index contributed by atoms with van der Waals surface area (Å²) in [5.41, 5.74) is 2.06. The summed E-state index contributed by atoms with van der Waals surface area (Å²) < 4.78 is 32.7. The number of rotatable bonds is 3. The maximum absolute atomic E-state index is 15.4. The van der Waals surface area contributed by atoms with E-state index < -0.39 is 5.92 Å². The number of hydrogen-bond donors (Lipinski definition) is 1. The van der Waals surface area contributed by atoms with Crippen LogP contribution in [0, 0.1) is 12.8 Å². The van der Waals surface area contributed by atoms with E-state index in [4.69, 9.17) is 9.97 Å². The Balaban J connectivity index is 1.57. The summed E-state index contributed by atoms with van der Waals surface area (Å²) in [4.78, 5) is 27.6. The van der Waals surface area contributed by atoms with Gasteiger partial charge in [-0.1, -0.05) is 37.5 Å². The average Bonchev–Trinajstić information content (AvgIpc) is 2.92. The third-order valence-electron chi connectivity index (χ3n) is 8.74. The lowest BCUT2D eigenvalue weighted by Crippen LogP contribution is -2.48. The quantitative estimate of drug-likeness (QED) is 0.391. The van der Waals surface area contributed by atoms with Gasteiger partial charge in [-0.15, -0.1) is 0 Å². The molecule has 5 heterocycles. The summed E-state index contributed by atoms with van der Waals surface area (Å²) in [7, 11) is 0. The van der Waals surface area contributed by atoms with Crippen LogP contribution in [0.4, 0.5) is 20.3 Å². The third kappa shape index (κ3) is 6.40. The fourth-order valence-electron chi connectivity index (χ4n) is 6.37. The summed E-state index contributed by atoms with van der Waals surface area (Å²) in [6.45, 7) is 12.4. The van der Waals surface area contributed by atoms with Crippen molar-refractivity contribution in [3.8, 4) is 0 Å². The van der Waals surface area contributed by atoms with Gasteiger partial charge in [-0.05, 0) is 70.7 Å². The third-order valence-corrected chi connectivity index (χ3v) is 8.74. The standard InChI is InChI=1S/C32H44F2N6O/c1-5-39(6-2)28-18-27-29-35-22(3)25-13-12-14-26(17-25)32(33,34)19-24-20-38(21-24)15-10-8-7-9-11-16-40(31(28)41)30(27)37-23(4)36-29/h12-14,17-18,22,24H,5-11,15-16,19-21H2,1-4H3,(H,35,36,37)/t22-/m1/s1. The Morgan fingerprint density at radius 3 is 2.46 bits per heavy atom. The van der Waals surface area contributed by atoms with Gasteiger partial charge in [0.15, 0.2) is 0 Å². The van der Waals surface area contributed by atoms with Crippen molar-refractivity contribution < 1.29 is 8.78 Å². The smallest absolute Gasteiger partial charge is 0.275 e. The Hall–Kier alpha value is -3.07. The van der Waals surface area contributed by atoms with E-state index in [-0.39, 0.29) is 29.5 Å². The number of fused-ring (bicyclic) bond motifs is 8. The van der Waals surface area contributed by atoms with Crippen molar-refractivity contribution in [1.29, 1.82) is 0 Å². The zero-order valence-corrected chi connectivity index (χ0v) is 24.9. The molecule has 41 heavy (non-hydrogen) atoms. The first-order chi connectivity index (χ1) is 19.7. The summed E-state index contributed by atoms with van der Waals surface area (Å²) in [5.74, 6) is -1.68. The van der Waals surface area contributed by atoms with E-state index >= 15 is 8.78 Å². The summed E-state index contributed by atoms with van der Waals surface area (Å²) >= 11 is 0. The first-order valence-electron chi connectivity index (χ1n) is 15.3. The van der Waals surface area contributed by atoms with Crippen LogP contribution < -0.4 is 15.8 Å². The number of nitrogens with zero attached hydrogens (tertiary/aromatic N) is 5. The molecule has 1 fully saturated rings. The molecule has 0 aliphatic carbocycles. The SMILES string of the molecule is CCN(CC)c1cc2c3nc(C)nc2n(c1=O)CCCCCCCN1CC(C1)CC(F)(F)c1cccc(c1)[C@@H](C)N3. The molecule has 7 nitrogen and oxygen atoms in total. The molecule has 1 N–H and O–H groups in total. The first-order valence-corrected chi connectivity index (χ1v) is 15.3. The summed E-state index contributed by atoms with van der Waals surface area (Å²) in [6, 6.07) is 8.39. The van der Waals surface area contributed by atoms with Crippen LogP contribution in [-0.4, -0.2) is 52.2 Å². The van der Waals surface area contributed by atoms with Crippen LogP contribution in [-0.2, 0) is 12.5 Å². The number of pyridine rings is 1. The fourth-order valence-corrected chi connectivity index (χ4v) is 6.37. The van der Waals surface area contributed by atoms with Crippen molar-refractivity contribution >= 4 is 22.5 Å². The second-order valence-corrected chi connectivity index (χ2v) is 11.8. The number of aromatic nitrogens is 3. The van der Waals surface area contributed by atoms with E-state index in [1.54, 1.807) is 18.2 Å². The lowest BCUT2D eigenvalue weighted by molar-refractivity contribution is -0.0568. The van der Waals surface area contributed by atoms with E-state index in [0.717, 1.165) is 62.7 Å². The van der Waals surface area contributed by atoms with E-state index in [1.807, 2.05) is 44.4 Å². The van der Waals surface area contributed by atoms with Gasteiger partial charge in [0.1, 0.15) is 23.0 Å². The molecule has 3 aromatic rings. The van der Waals surface area contributed by atoms with E-state index in [9.17, 15) is 4.79 Å². The second-order valence-electron chi connectivity index (χ2n) is 11.8. The number of halogens is 2. The largest absolute Gasteiger partial charge is 0.368 e. The molecule has 0 radical (unpaired) electrons. The highest BCUT2D eigenvalue weighted by molar-refractivity contribution is 5.89. The Kier molecular flexibility index (Phi) is 8.92. The molecular formula is C32H44F2N6O. The van der Waals surface area contributed by atoms with Gasteiger partial charge >= 0.3 is 0 Å². The van der Waals surface area contributed by atoms with Crippen LogP contribution >= 0.6 is 0 Å². The minimum atomic E-state index is -2.88. The predicted octanol–water partition coefficient (Wildman–Crippen LogP) is 6.50. The maximum atomic E-state index is 15.4. The van der Waals surface area contributed by atoms with Gasteiger partial charge in [0.25, 0.3) is 11.5 Å². The minimum Gasteiger partial charge on any atom is -0.368 e. The van der Waals surface area contributed by atoms with Crippen molar-refractivity contribution in [2.75, 3.05) is 42.9 Å². The van der Waals surface area contributed by atoms with Crippen molar-refractivity contribution in [3.05, 3.63) is 57.6 Å². The van der Waals surface area contributed by atoms with Crippen LogP contribution in [0.15, 0.2) is 35.1 Å². The Bertz CT molecular complexity index is 1410. The highest BCUT2D eigenvalue weighted by Crippen LogP contribution is 2.39. The minimum absolute atomic E-state index is 0.0280. The van der Waals surface area contributed by atoms with Gasteiger partial charge in [0.05, 0.1) is 5.39 Å². The zero-order chi connectivity index (χ0) is 29.1. The predicted molar refractivity (Wildman–Crippen MR) is 162 cm³/mol. The average molecular weight is 567 g/mol. The number of hydrogen-bond acceptors (Lipinski definition) is 6. The van der Waals surface area contributed by atoms with E-state index in [1.165, 1.54) is 0 Å². The molecule has 0 unspecified atom stereocenters. The second kappa shape index (κ2) is 12.4. The van der Waals surface area contributed by atoms with Gasteiger partial charge in [-0.3, -0.25) is 9.36 Å². The molecule has 1 aromatic carbocycles. The van der Waals surface area contributed by atoms with Gasteiger partial charge in [0, 0.05) is 50.7 Å². The Labute approximate surface area is 242 Å². The van der Waals surface area contributed by atoms with Crippen molar-refractivity contribution in [2.45, 2.75) is 84.7 Å². The van der Waals surface area contributed by atoms with Gasteiger partial charge in [0.2, 0.25) is 0 Å². The lowest BCUT2D eigenvalue weighted by atomic mass is 9.89. The van der Waals surface area contributed by atoms with Crippen LogP contribution in [0.2, 0.25) is 0 Å². The van der Waals surface area contributed by atoms with E-state index in [2.05, 4.69) is 15.1 Å². The molecule has 222 valence electrons. The van der Waals surface area contributed by atoms with Gasteiger partial charge in [-0.2, -0.15) is 0 Å². The van der Waals surface area contributed by atoms with Crippen molar-refractivity contribution in [1.82, 2.24) is 19.4 Å². The highest BCUT2D eigenvalue weighted by atomic mass is 19.3. The number of nitrogens with one attached hydrogen (secondary N) is 1. The fraction of sp³-hybridized carbons (Fsp3) is 0.594. The molecule has 0 saturated carbocycles. The Morgan fingerprint density at radius 2 is 1.73 bits per heavy atom. The van der Waals surface area contributed by atoms with Gasteiger partial charge < -0.3 is 15.1 Å². The first kappa shape index (κ1) is 29.4. The van der Waals surface area contributed by atoms with Crippen molar-refractivity contribution in [3.63, 3.8) is 0 Å². The number of benzene rings is 1. The Morgan fingerprint density at radius 1 is 1.02 bits per heavy atom. The van der Waals surface area contributed by atoms with Crippen LogP contribution in [0.5, 0.6) is 0 Å². The molecule has 3 aliphatic rings. The molecular weight excluding hydrogens is 522 g/mol. The number of anilines is 2. The normalized spacial score (nSPS) is 23.3. The number of aryl methyl sites for hydroxylation is 2. The maximum Gasteiger partial charge on any atom is 0.275 e. The summed E-state index contributed by atoms with van der Waals surface area (Å²) in [5, 5.41) is 4.26. The van der Waals surface area contributed by atoms with Crippen LogP contribution in [0.3, 0.4) is 0 Å². The number of alkyl halides is 2. The van der Waals surface area contributed by atoms with Gasteiger partial charge in [-0.25, -0.2) is 18.7 Å². The molecule has 0 amide bonds. The molecule has 8 bridgehead atoms.